The second-order valence-corrected chi connectivity index (χ2v) is 5.47. The second-order valence-electron chi connectivity index (χ2n) is 5.47. The lowest BCUT2D eigenvalue weighted by Gasteiger charge is -2.07. The molecule has 4 rings (SSSR count). The van der Waals surface area contributed by atoms with Crippen molar-refractivity contribution in [3.05, 3.63) is 70.3 Å². The van der Waals surface area contributed by atoms with Crippen molar-refractivity contribution in [1.82, 2.24) is 31.2 Å². The molecule has 26 heavy (non-hydrogen) atoms. The Hall–Kier alpha value is -4.01. The molecule has 2 aromatic carbocycles. The molecule has 128 valence electrons. The fraction of sp³-hybridized carbons (Fsp3) is 0. The van der Waals surface area contributed by atoms with E-state index in [0.29, 0.717) is 21.7 Å². The Labute approximate surface area is 145 Å². The molecule has 4 N–H and O–H groups in total. The maximum atomic E-state index is 12.4. The topological polar surface area (TPSA) is 133 Å². The van der Waals surface area contributed by atoms with Crippen molar-refractivity contribution in [2.24, 2.45) is 0 Å². The van der Waals surface area contributed by atoms with Gasteiger partial charge in [-0.05, 0) is 12.1 Å². The van der Waals surface area contributed by atoms with Gasteiger partial charge in [0.2, 0.25) is 0 Å². The zero-order valence-corrected chi connectivity index (χ0v) is 13.2. The van der Waals surface area contributed by atoms with Gasteiger partial charge in [0.05, 0.1) is 10.9 Å². The zero-order valence-electron chi connectivity index (χ0n) is 13.2. The van der Waals surface area contributed by atoms with Gasteiger partial charge in [0.1, 0.15) is 0 Å². The summed E-state index contributed by atoms with van der Waals surface area (Å²) in [5.41, 5.74) is 5.04. The van der Waals surface area contributed by atoms with Crippen LogP contribution in [0.15, 0.2) is 53.3 Å². The number of hydrazine groups is 1. The van der Waals surface area contributed by atoms with Crippen LogP contribution in [0.4, 0.5) is 0 Å². The maximum Gasteiger partial charge on any atom is 0.290 e. The van der Waals surface area contributed by atoms with Gasteiger partial charge < -0.3 is 0 Å². The number of H-pyrrole nitrogens is 2. The van der Waals surface area contributed by atoms with E-state index in [1.54, 1.807) is 42.5 Å². The van der Waals surface area contributed by atoms with E-state index in [4.69, 9.17) is 0 Å². The number of fused-ring (bicyclic) bond motifs is 2. The lowest BCUT2D eigenvalue weighted by molar-refractivity contribution is 0.0842. The average Bonchev–Trinajstić information content (AvgIpc) is 3.10. The molecule has 2 aromatic heterocycles. The third kappa shape index (κ3) is 2.57. The molecule has 0 saturated heterocycles. The molecule has 0 radical (unpaired) electrons. The summed E-state index contributed by atoms with van der Waals surface area (Å²) in [5, 5.41) is 14.1. The summed E-state index contributed by atoms with van der Waals surface area (Å²) in [6.07, 6.45) is 0. The summed E-state index contributed by atoms with van der Waals surface area (Å²) in [4.78, 5) is 36.4. The summed E-state index contributed by atoms with van der Waals surface area (Å²) < 4.78 is 0. The van der Waals surface area contributed by atoms with Crippen LogP contribution in [0, 0.1) is 0 Å². The van der Waals surface area contributed by atoms with E-state index in [1.807, 2.05) is 6.07 Å². The van der Waals surface area contributed by atoms with Gasteiger partial charge in [-0.1, -0.05) is 36.4 Å². The number of hydrogen-bond donors (Lipinski definition) is 4. The van der Waals surface area contributed by atoms with Crippen molar-refractivity contribution >= 4 is 33.5 Å². The molecular formula is C17H12N6O3. The summed E-state index contributed by atoms with van der Waals surface area (Å²) in [6, 6.07) is 13.7. The lowest BCUT2D eigenvalue weighted by atomic mass is 10.1. The number of carbonyl (C=O) groups is 2. The van der Waals surface area contributed by atoms with E-state index in [2.05, 4.69) is 31.2 Å². The Morgan fingerprint density at radius 3 is 2.00 bits per heavy atom. The van der Waals surface area contributed by atoms with Gasteiger partial charge in [-0.15, -0.1) is 0 Å². The molecule has 0 fully saturated rings. The van der Waals surface area contributed by atoms with Crippen LogP contribution in [0.1, 0.15) is 21.0 Å². The van der Waals surface area contributed by atoms with Crippen LogP contribution in [-0.2, 0) is 0 Å². The van der Waals surface area contributed by atoms with Gasteiger partial charge in [0.15, 0.2) is 11.4 Å². The predicted molar refractivity (Wildman–Crippen MR) is 93.4 cm³/mol. The minimum absolute atomic E-state index is 0.00705. The van der Waals surface area contributed by atoms with Crippen LogP contribution in [0.2, 0.25) is 0 Å². The molecule has 9 nitrogen and oxygen atoms in total. The van der Waals surface area contributed by atoms with E-state index in [1.165, 1.54) is 0 Å². The number of aromatic nitrogens is 4. The molecule has 0 aliphatic heterocycles. The number of benzene rings is 2. The molecule has 0 aliphatic carbocycles. The standard InChI is InChI=1S/C17H12N6O3/c24-15-10-6-2-1-5-9(10)13(20-21-15)16(25)22-23-17(26)14-11-7-3-4-8-12(11)18-19-14/h1-8H,(H,18,19)(H,21,24)(H,22,25)(H,23,26). The highest BCUT2D eigenvalue weighted by Crippen LogP contribution is 2.15. The first-order chi connectivity index (χ1) is 12.6. The first-order valence-electron chi connectivity index (χ1n) is 7.66. The summed E-state index contributed by atoms with van der Waals surface area (Å²) in [7, 11) is 0. The number of carbonyl (C=O) groups excluding carboxylic acids is 2. The molecule has 0 unspecified atom stereocenters. The Morgan fingerprint density at radius 1 is 0.731 bits per heavy atom. The van der Waals surface area contributed by atoms with Crippen molar-refractivity contribution in [3.63, 3.8) is 0 Å². The van der Waals surface area contributed by atoms with E-state index < -0.39 is 17.4 Å². The van der Waals surface area contributed by atoms with Crippen molar-refractivity contribution in [1.29, 1.82) is 0 Å². The van der Waals surface area contributed by atoms with Gasteiger partial charge >= 0.3 is 0 Å². The SMILES string of the molecule is O=C(NNC(=O)c1n[nH]c(=O)c2ccccc12)c1n[nH]c2ccccc12. The highest BCUT2D eigenvalue weighted by atomic mass is 16.2. The molecular weight excluding hydrogens is 336 g/mol. The predicted octanol–water partition coefficient (Wildman–Crippen LogP) is 0.874. The molecule has 0 bridgehead atoms. The number of rotatable bonds is 2. The smallest absolute Gasteiger partial charge is 0.277 e. The maximum absolute atomic E-state index is 12.4. The van der Waals surface area contributed by atoms with E-state index >= 15 is 0 Å². The summed E-state index contributed by atoms with van der Waals surface area (Å²) in [5.74, 6) is -1.24. The Morgan fingerprint density at radius 2 is 1.27 bits per heavy atom. The number of nitrogens with zero attached hydrogens (tertiary/aromatic N) is 2. The molecule has 0 saturated carbocycles. The molecule has 0 spiro atoms. The third-order valence-corrected chi connectivity index (χ3v) is 3.89. The first-order valence-corrected chi connectivity index (χ1v) is 7.66. The van der Waals surface area contributed by atoms with Crippen LogP contribution in [0.5, 0.6) is 0 Å². The lowest BCUT2D eigenvalue weighted by Crippen LogP contribution is -2.42. The van der Waals surface area contributed by atoms with Gasteiger partial charge in [-0.2, -0.15) is 10.2 Å². The van der Waals surface area contributed by atoms with Crippen LogP contribution < -0.4 is 16.4 Å². The molecule has 4 aromatic rings. The highest BCUT2D eigenvalue weighted by Gasteiger charge is 2.17. The number of para-hydroxylation sites is 1. The van der Waals surface area contributed by atoms with Crippen molar-refractivity contribution in [3.8, 4) is 0 Å². The van der Waals surface area contributed by atoms with E-state index in [-0.39, 0.29) is 11.4 Å². The van der Waals surface area contributed by atoms with Gasteiger partial charge in [-0.25, -0.2) is 5.10 Å². The van der Waals surface area contributed by atoms with Crippen molar-refractivity contribution in [2.45, 2.75) is 0 Å². The number of hydrogen-bond acceptors (Lipinski definition) is 5. The number of nitrogens with one attached hydrogen (secondary N) is 4. The van der Waals surface area contributed by atoms with Gasteiger partial charge in [-0.3, -0.25) is 30.3 Å². The molecule has 2 heterocycles. The minimum atomic E-state index is -0.661. The van der Waals surface area contributed by atoms with Crippen LogP contribution in [-0.4, -0.2) is 32.2 Å². The minimum Gasteiger partial charge on any atom is -0.277 e. The van der Waals surface area contributed by atoms with Crippen molar-refractivity contribution < 1.29 is 9.59 Å². The number of amides is 2. The first kappa shape index (κ1) is 15.5. The molecule has 2 amide bonds. The monoisotopic (exact) mass is 348 g/mol. The van der Waals surface area contributed by atoms with Gasteiger partial charge in [0.25, 0.3) is 17.4 Å². The Kier molecular flexibility index (Phi) is 3.66. The average molecular weight is 348 g/mol. The molecule has 9 heteroatoms. The summed E-state index contributed by atoms with van der Waals surface area (Å²) >= 11 is 0. The normalized spacial score (nSPS) is 10.8. The van der Waals surface area contributed by atoms with Crippen LogP contribution in [0.25, 0.3) is 21.7 Å². The fourth-order valence-corrected chi connectivity index (χ4v) is 2.66. The quantitative estimate of drug-likeness (QED) is 0.399. The molecule has 0 atom stereocenters. The highest BCUT2D eigenvalue weighted by molar-refractivity contribution is 6.08. The third-order valence-electron chi connectivity index (χ3n) is 3.89. The van der Waals surface area contributed by atoms with Crippen LogP contribution in [0.3, 0.4) is 0 Å². The van der Waals surface area contributed by atoms with Gasteiger partial charge in [0, 0.05) is 10.8 Å². The second kappa shape index (κ2) is 6.13. The largest absolute Gasteiger partial charge is 0.290 e. The summed E-state index contributed by atoms with van der Waals surface area (Å²) in [6.45, 7) is 0. The van der Waals surface area contributed by atoms with E-state index in [0.717, 1.165) is 0 Å². The molecule has 0 aliphatic rings. The Bertz CT molecular complexity index is 1210. The Balaban J connectivity index is 1.57. The van der Waals surface area contributed by atoms with Crippen molar-refractivity contribution in [2.75, 3.05) is 0 Å². The number of aromatic amines is 2. The zero-order chi connectivity index (χ0) is 18.1. The van der Waals surface area contributed by atoms with E-state index in [9.17, 15) is 14.4 Å². The fourth-order valence-electron chi connectivity index (χ4n) is 2.66. The van der Waals surface area contributed by atoms with Crippen LogP contribution >= 0.6 is 0 Å².